The fourth-order valence-electron chi connectivity index (χ4n) is 2.92. The normalized spacial score (nSPS) is 13.0. The number of hydrogen-bond acceptors (Lipinski definition) is 2. The second kappa shape index (κ2) is 5.72. The summed E-state index contributed by atoms with van der Waals surface area (Å²) in [4.78, 5) is 11.7. The molecule has 1 aliphatic rings. The number of aryl methyl sites for hydroxylation is 3. The van der Waals surface area contributed by atoms with Crippen molar-refractivity contribution in [2.45, 2.75) is 39.7 Å². The largest absolute Gasteiger partial charge is 0.488 e. The molecule has 0 aromatic heterocycles. The van der Waals surface area contributed by atoms with E-state index in [9.17, 15) is 4.79 Å². The number of ether oxygens (including phenoxy) is 1. The molecule has 2 nitrogen and oxygen atoms in total. The minimum absolute atomic E-state index is 0.0441. The van der Waals surface area contributed by atoms with Crippen molar-refractivity contribution in [3.63, 3.8) is 0 Å². The molecule has 2 aromatic rings. The van der Waals surface area contributed by atoms with E-state index < -0.39 is 0 Å². The molecule has 0 atom stereocenters. The van der Waals surface area contributed by atoms with Crippen molar-refractivity contribution >= 4 is 5.78 Å². The molecule has 0 heterocycles. The first-order chi connectivity index (χ1) is 10.1. The summed E-state index contributed by atoms with van der Waals surface area (Å²) >= 11 is 0. The topological polar surface area (TPSA) is 26.3 Å². The lowest BCUT2D eigenvalue weighted by Crippen LogP contribution is -2.02. The number of rotatable bonds is 4. The Morgan fingerprint density at radius 3 is 2.71 bits per heavy atom. The maximum atomic E-state index is 11.7. The van der Waals surface area contributed by atoms with Crippen LogP contribution in [0.2, 0.25) is 0 Å². The number of carbonyl (C=O) groups excluding carboxylic acids is 1. The van der Waals surface area contributed by atoms with Gasteiger partial charge < -0.3 is 4.74 Å². The van der Waals surface area contributed by atoms with Crippen molar-refractivity contribution in [3.05, 3.63) is 64.2 Å². The highest BCUT2D eigenvalue weighted by atomic mass is 16.5. The third-order valence-electron chi connectivity index (χ3n) is 4.07. The smallest absolute Gasteiger partial charge is 0.163 e. The molecule has 2 aromatic carbocycles. The number of carbonyl (C=O) groups is 1. The van der Waals surface area contributed by atoms with Gasteiger partial charge in [0.25, 0.3) is 0 Å². The van der Waals surface area contributed by atoms with Gasteiger partial charge in [-0.2, -0.15) is 0 Å². The fourth-order valence-corrected chi connectivity index (χ4v) is 2.92. The van der Waals surface area contributed by atoms with Gasteiger partial charge in [0.05, 0.1) is 5.56 Å². The lowest BCUT2D eigenvalue weighted by molar-refractivity contribution is 0.101. The summed E-state index contributed by atoms with van der Waals surface area (Å²) in [6, 6.07) is 12.3. The van der Waals surface area contributed by atoms with E-state index in [1.54, 1.807) is 6.92 Å². The molecule has 108 valence electrons. The summed E-state index contributed by atoms with van der Waals surface area (Å²) in [5.74, 6) is 0.719. The summed E-state index contributed by atoms with van der Waals surface area (Å²) in [7, 11) is 0. The van der Waals surface area contributed by atoms with Gasteiger partial charge in [-0.15, -0.1) is 0 Å². The number of benzene rings is 2. The van der Waals surface area contributed by atoms with Gasteiger partial charge in [0, 0.05) is 0 Å². The van der Waals surface area contributed by atoms with Crippen LogP contribution in [0.15, 0.2) is 36.4 Å². The molecule has 3 rings (SSSR count). The molecule has 0 spiro atoms. The first-order valence-electron chi connectivity index (χ1n) is 7.48. The number of Topliss-reactive ketones (excluding diaryl/α,β-unsaturated/α-hetero) is 1. The van der Waals surface area contributed by atoms with Crippen LogP contribution in [0, 0.1) is 6.92 Å². The van der Waals surface area contributed by atoms with Gasteiger partial charge in [0.15, 0.2) is 5.78 Å². The minimum Gasteiger partial charge on any atom is -0.488 e. The van der Waals surface area contributed by atoms with Crippen molar-refractivity contribution in [2.24, 2.45) is 0 Å². The molecule has 0 saturated carbocycles. The van der Waals surface area contributed by atoms with Crippen molar-refractivity contribution in [3.8, 4) is 5.75 Å². The molecule has 0 unspecified atom stereocenters. The van der Waals surface area contributed by atoms with Gasteiger partial charge in [-0.25, -0.2) is 0 Å². The maximum absolute atomic E-state index is 11.7. The van der Waals surface area contributed by atoms with Gasteiger partial charge in [-0.1, -0.05) is 29.8 Å². The van der Waals surface area contributed by atoms with Crippen LogP contribution in [0.3, 0.4) is 0 Å². The number of hydrogen-bond donors (Lipinski definition) is 0. The Labute approximate surface area is 125 Å². The van der Waals surface area contributed by atoms with E-state index >= 15 is 0 Å². The average molecular weight is 280 g/mol. The van der Waals surface area contributed by atoms with E-state index in [4.69, 9.17) is 4.74 Å². The molecular weight excluding hydrogens is 260 g/mol. The van der Waals surface area contributed by atoms with Crippen molar-refractivity contribution in [1.29, 1.82) is 0 Å². The van der Waals surface area contributed by atoms with Crippen LogP contribution in [0.1, 0.15) is 46.0 Å². The van der Waals surface area contributed by atoms with E-state index in [0.29, 0.717) is 17.9 Å². The zero-order valence-electron chi connectivity index (χ0n) is 12.6. The van der Waals surface area contributed by atoms with Crippen LogP contribution >= 0.6 is 0 Å². The van der Waals surface area contributed by atoms with E-state index in [0.717, 1.165) is 5.56 Å². The molecular formula is C19H20O2. The lowest BCUT2D eigenvalue weighted by atomic mass is 10.1. The van der Waals surface area contributed by atoms with Crippen molar-refractivity contribution in [2.75, 3.05) is 0 Å². The summed E-state index contributed by atoms with van der Waals surface area (Å²) in [5.41, 5.74) is 5.83. The second-order valence-electron chi connectivity index (χ2n) is 5.80. The predicted molar refractivity (Wildman–Crippen MR) is 84.0 cm³/mol. The highest BCUT2D eigenvalue weighted by molar-refractivity contribution is 5.97. The van der Waals surface area contributed by atoms with Crippen molar-refractivity contribution < 1.29 is 9.53 Å². The SMILES string of the molecule is CC(=O)c1cc(C)ccc1OCc1ccc2c(c1)CCC2. The molecule has 0 N–H and O–H groups in total. The second-order valence-corrected chi connectivity index (χ2v) is 5.80. The molecule has 21 heavy (non-hydrogen) atoms. The Kier molecular flexibility index (Phi) is 3.78. The monoisotopic (exact) mass is 280 g/mol. The maximum Gasteiger partial charge on any atom is 0.163 e. The van der Waals surface area contributed by atoms with Gasteiger partial charge >= 0.3 is 0 Å². The van der Waals surface area contributed by atoms with E-state index in [-0.39, 0.29) is 5.78 Å². The molecule has 0 amide bonds. The van der Waals surface area contributed by atoms with E-state index in [1.165, 1.54) is 36.0 Å². The van der Waals surface area contributed by atoms with Gasteiger partial charge in [-0.05, 0) is 61.9 Å². The van der Waals surface area contributed by atoms with Crippen LogP contribution < -0.4 is 4.74 Å². The Morgan fingerprint density at radius 2 is 1.90 bits per heavy atom. The van der Waals surface area contributed by atoms with E-state index in [1.807, 2.05) is 25.1 Å². The number of ketones is 1. The molecule has 1 aliphatic carbocycles. The average Bonchev–Trinajstić information content (AvgIpc) is 2.93. The quantitative estimate of drug-likeness (QED) is 0.782. The Bertz CT molecular complexity index is 686. The van der Waals surface area contributed by atoms with Gasteiger partial charge in [-0.3, -0.25) is 4.79 Å². The van der Waals surface area contributed by atoms with Crippen LogP contribution in [-0.2, 0) is 19.4 Å². The van der Waals surface area contributed by atoms with Gasteiger partial charge in [0.2, 0.25) is 0 Å². The molecule has 0 fully saturated rings. The van der Waals surface area contributed by atoms with Crippen LogP contribution in [0.25, 0.3) is 0 Å². The minimum atomic E-state index is 0.0441. The Morgan fingerprint density at radius 1 is 1.10 bits per heavy atom. The molecule has 0 aliphatic heterocycles. The lowest BCUT2D eigenvalue weighted by Gasteiger charge is -2.11. The third kappa shape index (κ3) is 2.99. The molecule has 0 saturated heterocycles. The van der Waals surface area contributed by atoms with Crippen LogP contribution in [-0.4, -0.2) is 5.78 Å². The zero-order chi connectivity index (χ0) is 14.8. The van der Waals surface area contributed by atoms with Gasteiger partial charge in [0.1, 0.15) is 12.4 Å². The first-order valence-corrected chi connectivity index (χ1v) is 7.48. The summed E-state index contributed by atoms with van der Waals surface area (Å²) in [6.45, 7) is 4.07. The standard InChI is InChI=1S/C19H20O2/c1-13-6-9-19(18(10-13)14(2)20)21-12-15-7-8-16-4-3-5-17(16)11-15/h6-11H,3-5,12H2,1-2H3. The Balaban J connectivity index is 1.77. The van der Waals surface area contributed by atoms with Crippen LogP contribution in [0.4, 0.5) is 0 Å². The van der Waals surface area contributed by atoms with E-state index in [2.05, 4.69) is 18.2 Å². The molecule has 0 radical (unpaired) electrons. The third-order valence-corrected chi connectivity index (χ3v) is 4.07. The highest BCUT2D eigenvalue weighted by Gasteiger charge is 2.12. The first kappa shape index (κ1) is 13.9. The predicted octanol–water partition coefficient (Wildman–Crippen LogP) is 4.27. The molecule has 2 heteroatoms. The zero-order valence-corrected chi connectivity index (χ0v) is 12.6. The van der Waals surface area contributed by atoms with Crippen LogP contribution in [0.5, 0.6) is 5.75 Å². The van der Waals surface area contributed by atoms with Crippen molar-refractivity contribution in [1.82, 2.24) is 0 Å². The fraction of sp³-hybridized carbons (Fsp3) is 0.316. The summed E-state index contributed by atoms with van der Waals surface area (Å²) < 4.78 is 5.88. The Hall–Kier alpha value is -2.09. The number of fused-ring (bicyclic) bond motifs is 1. The summed E-state index contributed by atoms with van der Waals surface area (Å²) in [6.07, 6.45) is 3.63. The molecule has 0 bridgehead atoms. The highest BCUT2D eigenvalue weighted by Crippen LogP contribution is 2.25. The summed E-state index contributed by atoms with van der Waals surface area (Å²) in [5, 5.41) is 0.